The number of fused-ring (bicyclic) bond motifs is 1. The van der Waals surface area contributed by atoms with E-state index in [4.69, 9.17) is 18.6 Å². The Morgan fingerprint density at radius 2 is 1.88 bits per heavy atom. The number of hydrogen-bond acceptors (Lipinski definition) is 7. The lowest BCUT2D eigenvalue weighted by Crippen LogP contribution is -2.21. The van der Waals surface area contributed by atoms with Crippen LogP contribution in [0.15, 0.2) is 58.2 Å². The lowest BCUT2D eigenvalue weighted by molar-refractivity contribution is 0.0686. The summed E-state index contributed by atoms with van der Waals surface area (Å²) in [6, 6.07) is 15.6. The topological polar surface area (TPSA) is 66.6 Å². The largest absolute Gasteiger partial charge is 0.497 e. The minimum atomic E-state index is -0.381. The van der Waals surface area contributed by atoms with Crippen LogP contribution >= 0.6 is 11.8 Å². The number of thioether (sulfide) groups is 1. The molecule has 0 spiro atoms. The van der Waals surface area contributed by atoms with Gasteiger partial charge in [0.15, 0.2) is 11.5 Å². The molecule has 4 rings (SSSR count). The van der Waals surface area contributed by atoms with Crippen LogP contribution in [-0.4, -0.2) is 29.7 Å². The maximum Gasteiger partial charge on any atom is 0.276 e. The summed E-state index contributed by atoms with van der Waals surface area (Å²) >= 11 is 1.53. The molecule has 0 saturated heterocycles. The van der Waals surface area contributed by atoms with Gasteiger partial charge in [-0.05, 0) is 36.2 Å². The molecule has 0 radical (unpaired) electrons. The van der Waals surface area contributed by atoms with E-state index in [1.807, 2.05) is 36.4 Å². The Balaban J connectivity index is 1.32. The summed E-state index contributed by atoms with van der Waals surface area (Å²) in [5.74, 6) is 3.57. The smallest absolute Gasteiger partial charge is 0.276 e. The molecule has 134 valence electrons. The maximum absolute atomic E-state index is 5.88. The van der Waals surface area contributed by atoms with Crippen molar-refractivity contribution in [3.63, 3.8) is 0 Å². The lowest BCUT2D eigenvalue weighted by Gasteiger charge is -2.23. The number of rotatable bonds is 6. The third kappa shape index (κ3) is 3.77. The molecule has 6 nitrogen and oxygen atoms in total. The zero-order valence-corrected chi connectivity index (χ0v) is 15.1. The standard InChI is InChI=1S/C19H18N2O4S/c1-22-14-8-6-13(7-9-14)10-11-26-19-21-20-18(25-19)17-12-23-15-4-2-3-5-16(15)24-17/h2-9,17H,10-12H2,1H3. The van der Waals surface area contributed by atoms with E-state index < -0.39 is 0 Å². The Kier molecular flexibility index (Phi) is 4.97. The summed E-state index contributed by atoms with van der Waals surface area (Å²) < 4.78 is 22.5. The molecule has 2 heterocycles. The van der Waals surface area contributed by atoms with Gasteiger partial charge in [-0.3, -0.25) is 0 Å². The third-order valence-corrected chi connectivity index (χ3v) is 4.80. The van der Waals surface area contributed by atoms with E-state index >= 15 is 0 Å². The summed E-state index contributed by atoms with van der Waals surface area (Å²) in [5.41, 5.74) is 1.23. The Morgan fingerprint density at radius 1 is 1.08 bits per heavy atom. The molecular formula is C19H18N2O4S. The normalized spacial score (nSPS) is 15.7. The molecule has 7 heteroatoms. The van der Waals surface area contributed by atoms with Crippen LogP contribution in [0.1, 0.15) is 17.6 Å². The molecule has 0 saturated carbocycles. The van der Waals surface area contributed by atoms with Crippen molar-refractivity contribution in [3.8, 4) is 17.2 Å². The number of hydrogen-bond donors (Lipinski definition) is 0. The fourth-order valence-corrected chi connectivity index (χ4v) is 3.35. The number of aryl methyl sites for hydroxylation is 1. The molecule has 1 aliphatic rings. The van der Waals surface area contributed by atoms with E-state index in [0.717, 1.165) is 23.7 Å². The summed E-state index contributed by atoms with van der Waals surface area (Å²) in [7, 11) is 1.66. The van der Waals surface area contributed by atoms with E-state index in [2.05, 4.69) is 22.3 Å². The molecule has 0 fully saturated rings. The predicted octanol–water partition coefficient (Wildman–Crippen LogP) is 3.93. The fraction of sp³-hybridized carbons (Fsp3) is 0.263. The van der Waals surface area contributed by atoms with Crippen molar-refractivity contribution in [1.29, 1.82) is 0 Å². The van der Waals surface area contributed by atoms with Gasteiger partial charge in [-0.2, -0.15) is 0 Å². The van der Waals surface area contributed by atoms with E-state index in [-0.39, 0.29) is 6.10 Å². The predicted molar refractivity (Wildman–Crippen MR) is 97.0 cm³/mol. The number of ether oxygens (including phenoxy) is 3. The van der Waals surface area contributed by atoms with Crippen molar-refractivity contribution in [2.45, 2.75) is 17.7 Å². The number of methoxy groups -OCH3 is 1. The van der Waals surface area contributed by atoms with Crippen molar-refractivity contribution in [2.75, 3.05) is 19.5 Å². The number of benzene rings is 2. The maximum atomic E-state index is 5.88. The van der Waals surface area contributed by atoms with Crippen LogP contribution in [0.5, 0.6) is 17.2 Å². The SMILES string of the molecule is COc1ccc(CCSc2nnc(C3COc4ccccc4O3)o2)cc1. The molecule has 0 N–H and O–H groups in total. The second-order valence-corrected chi connectivity index (χ2v) is 6.76. The first kappa shape index (κ1) is 16.8. The van der Waals surface area contributed by atoms with Gasteiger partial charge in [0.25, 0.3) is 11.1 Å². The minimum absolute atomic E-state index is 0.356. The van der Waals surface area contributed by atoms with Crippen LogP contribution in [0.2, 0.25) is 0 Å². The molecule has 3 aromatic rings. The van der Waals surface area contributed by atoms with Crippen molar-refractivity contribution in [3.05, 3.63) is 60.0 Å². The van der Waals surface area contributed by atoms with Gasteiger partial charge in [-0.1, -0.05) is 36.0 Å². The van der Waals surface area contributed by atoms with Crippen LogP contribution in [0.4, 0.5) is 0 Å². The van der Waals surface area contributed by atoms with Crippen LogP contribution in [0, 0.1) is 0 Å². The molecule has 1 aliphatic heterocycles. The first-order valence-electron chi connectivity index (χ1n) is 8.29. The molecule has 2 aromatic carbocycles. The Labute approximate surface area is 155 Å². The Hall–Kier alpha value is -2.67. The summed E-state index contributed by atoms with van der Waals surface area (Å²) in [4.78, 5) is 0. The van der Waals surface area contributed by atoms with Gasteiger partial charge in [0.05, 0.1) is 7.11 Å². The van der Waals surface area contributed by atoms with Crippen LogP contribution in [0.25, 0.3) is 0 Å². The average molecular weight is 370 g/mol. The first-order valence-corrected chi connectivity index (χ1v) is 9.28. The number of para-hydroxylation sites is 2. The molecule has 1 unspecified atom stereocenters. The van der Waals surface area contributed by atoms with E-state index in [0.29, 0.717) is 23.5 Å². The Morgan fingerprint density at radius 3 is 2.69 bits per heavy atom. The van der Waals surface area contributed by atoms with Crippen LogP contribution in [-0.2, 0) is 6.42 Å². The second-order valence-electron chi connectivity index (χ2n) is 5.72. The van der Waals surface area contributed by atoms with Crippen LogP contribution in [0.3, 0.4) is 0 Å². The highest BCUT2D eigenvalue weighted by Gasteiger charge is 2.27. The zero-order chi connectivity index (χ0) is 17.8. The van der Waals surface area contributed by atoms with Gasteiger partial charge in [-0.25, -0.2) is 0 Å². The van der Waals surface area contributed by atoms with E-state index in [1.165, 1.54) is 17.3 Å². The van der Waals surface area contributed by atoms with Crippen molar-refractivity contribution in [2.24, 2.45) is 0 Å². The summed E-state index contributed by atoms with van der Waals surface area (Å²) in [6.45, 7) is 0.356. The van der Waals surface area contributed by atoms with Crippen molar-refractivity contribution >= 4 is 11.8 Å². The minimum Gasteiger partial charge on any atom is -0.497 e. The van der Waals surface area contributed by atoms with E-state index in [9.17, 15) is 0 Å². The zero-order valence-electron chi connectivity index (χ0n) is 14.3. The van der Waals surface area contributed by atoms with Gasteiger partial charge in [0.1, 0.15) is 12.4 Å². The van der Waals surface area contributed by atoms with Gasteiger partial charge >= 0.3 is 0 Å². The molecule has 26 heavy (non-hydrogen) atoms. The molecule has 0 amide bonds. The molecular weight excluding hydrogens is 352 g/mol. The van der Waals surface area contributed by atoms with Crippen molar-refractivity contribution in [1.82, 2.24) is 10.2 Å². The average Bonchev–Trinajstić information content (AvgIpc) is 3.17. The second kappa shape index (κ2) is 7.70. The molecule has 1 aromatic heterocycles. The van der Waals surface area contributed by atoms with Gasteiger partial charge in [0, 0.05) is 5.75 Å². The summed E-state index contributed by atoms with van der Waals surface area (Å²) in [6.07, 6.45) is 0.524. The molecule has 1 atom stereocenters. The Bertz CT molecular complexity index is 866. The van der Waals surface area contributed by atoms with Gasteiger partial charge < -0.3 is 18.6 Å². The highest BCUT2D eigenvalue weighted by atomic mass is 32.2. The number of nitrogens with zero attached hydrogens (tertiary/aromatic N) is 2. The fourth-order valence-electron chi connectivity index (χ4n) is 2.60. The van der Waals surface area contributed by atoms with Gasteiger partial charge in [-0.15, -0.1) is 10.2 Å². The molecule has 0 bridgehead atoms. The highest BCUT2D eigenvalue weighted by molar-refractivity contribution is 7.99. The third-order valence-electron chi connectivity index (χ3n) is 3.98. The number of aromatic nitrogens is 2. The van der Waals surface area contributed by atoms with Crippen LogP contribution < -0.4 is 14.2 Å². The van der Waals surface area contributed by atoms with Gasteiger partial charge in [0.2, 0.25) is 6.10 Å². The monoisotopic (exact) mass is 370 g/mol. The lowest BCUT2D eigenvalue weighted by atomic mass is 10.2. The van der Waals surface area contributed by atoms with E-state index in [1.54, 1.807) is 7.11 Å². The van der Waals surface area contributed by atoms with Crippen molar-refractivity contribution < 1.29 is 18.6 Å². The highest BCUT2D eigenvalue weighted by Crippen LogP contribution is 2.35. The first-order chi connectivity index (χ1) is 12.8. The summed E-state index contributed by atoms with van der Waals surface area (Å²) in [5, 5.41) is 8.74. The molecule has 0 aliphatic carbocycles. The quantitative estimate of drug-likeness (QED) is 0.609.